The Hall–Kier alpha value is -1.14. The predicted molar refractivity (Wildman–Crippen MR) is 68.4 cm³/mol. The number of halogens is 2. The van der Waals surface area contributed by atoms with E-state index in [0.717, 1.165) is 8.95 Å². The smallest absolute Gasteiger partial charge is 0.259 e. The third kappa shape index (κ3) is 2.51. The van der Waals surface area contributed by atoms with Crippen molar-refractivity contribution in [1.29, 1.82) is 0 Å². The predicted octanol–water partition coefficient (Wildman–Crippen LogP) is 3.19. The molecule has 0 spiro atoms. The molecule has 1 aromatic heterocycles. The highest BCUT2D eigenvalue weighted by molar-refractivity contribution is 9.11. The van der Waals surface area contributed by atoms with Gasteiger partial charge in [-0.3, -0.25) is 10.1 Å². The van der Waals surface area contributed by atoms with Crippen molar-refractivity contribution in [3.05, 3.63) is 45.1 Å². The van der Waals surface area contributed by atoms with Crippen LogP contribution in [0.5, 0.6) is 0 Å². The molecule has 4 nitrogen and oxygen atoms in total. The maximum Gasteiger partial charge on any atom is 0.259 e. The lowest BCUT2D eigenvalue weighted by Gasteiger charge is -2.04. The van der Waals surface area contributed by atoms with E-state index in [1.807, 2.05) is 6.07 Å². The molecule has 0 aliphatic heterocycles. The maximum absolute atomic E-state index is 11.9. The van der Waals surface area contributed by atoms with E-state index in [2.05, 4.69) is 47.1 Å². The first kappa shape index (κ1) is 11.3. The van der Waals surface area contributed by atoms with Crippen LogP contribution in [0.1, 0.15) is 10.4 Å². The van der Waals surface area contributed by atoms with Crippen molar-refractivity contribution in [3.63, 3.8) is 0 Å². The molecule has 1 aromatic carbocycles. The van der Waals surface area contributed by atoms with Gasteiger partial charge in [-0.15, -0.1) is 0 Å². The monoisotopic (exact) mass is 343 g/mol. The highest BCUT2D eigenvalue weighted by atomic mass is 79.9. The van der Waals surface area contributed by atoms with Crippen molar-refractivity contribution in [2.24, 2.45) is 0 Å². The Morgan fingerprint density at radius 2 is 2.19 bits per heavy atom. The van der Waals surface area contributed by atoms with Gasteiger partial charge in [-0.1, -0.05) is 15.9 Å². The molecule has 0 fully saturated rings. The molecule has 0 bridgehead atoms. The van der Waals surface area contributed by atoms with E-state index >= 15 is 0 Å². The molecule has 0 unspecified atom stereocenters. The minimum Gasteiger partial charge on any atom is -0.331 e. The van der Waals surface area contributed by atoms with E-state index in [0.29, 0.717) is 11.5 Å². The SMILES string of the molecule is O=C(Nc1ncc[nH]1)c1cc(Br)ccc1Br. The molecule has 2 aromatic rings. The molecule has 2 rings (SSSR count). The average Bonchev–Trinajstić information content (AvgIpc) is 2.74. The van der Waals surface area contributed by atoms with Crippen LogP contribution in [0.3, 0.4) is 0 Å². The van der Waals surface area contributed by atoms with Crippen molar-refractivity contribution in [1.82, 2.24) is 9.97 Å². The molecule has 82 valence electrons. The number of nitrogens with zero attached hydrogens (tertiary/aromatic N) is 1. The van der Waals surface area contributed by atoms with Crippen molar-refractivity contribution in [2.45, 2.75) is 0 Å². The number of benzene rings is 1. The van der Waals surface area contributed by atoms with Gasteiger partial charge >= 0.3 is 0 Å². The number of hydrogen-bond acceptors (Lipinski definition) is 2. The number of amides is 1. The van der Waals surface area contributed by atoms with Gasteiger partial charge in [0, 0.05) is 21.3 Å². The van der Waals surface area contributed by atoms with Crippen molar-refractivity contribution >= 4 is 43.7 Å². The van der Waals surface area contributed by atoms with E-state index in [9.17, 15) is 4.79 Å². The zero-order chi connectivity index (χ0) is 11.5. The van der Waals surface area contributed by atoms with E-state index in [1.165, 1.54) is 0 Å². The average molecular weight is 345 g/mol. The molecule has 0 saturated heterocycles. The van der Waals surface area contributed by atoms with Crippen LogP contribution >= 0.6 is 31.9 Å². The summed E-state index contributed by atoms with van der Waals surface area (Å²) in [4.78, 5) is 18.6. The molecule has 0 saturated carbocycles. The van der Waals surface area contributed by atoms with Crippen molar-refractivity contribution in [3.8, 4) is 0 Å². The molecule has 0 aliphatic rings. The second-order valence-corrected chi connectivity index (χ2v) is 4.79. The normalized spacial score (nSPS) is 10.1. The van der Waals surface area contributed by atoms with Gasteiger partial charge in [0.1, 0.15) is 0 Å². The Balaban J connectivity index is 2.24. The Bertz CT molecular complexity index is 511. The number of H-pyrrole nitrogens is 1. The fourth-order valence-electron chi connectivity index (χ4n) is 1.18. The summed E-state index contributed by atoms with van der Waals surface area (Å²) in [6.45, 7) is 0. The topological polar surface area (TPSA) is 57.8 Å². The Morgan fingerprint density at radius 1 is 1.38 bits per heavy atom. The number of imidazole rings is 1. The Labute approximate surface area is 109 Å². The second-order valence-electron chi connectivity index (χ2n) is 3.02. The summed E-state index contributed by atoms with van der Waals surface area (Å²) in [5.74, 6) is 0.208. The van der Waals surface area contributed by atoms with Gasteiger partial charge in [0.25, 0.3) is 5.91 Å². The first-order valence-electron chi connectivity index (χ1n) is 4.42. The molecule has 16 heavy (non-hydrogen) atoms. The summed E-state index contributed by atoms with van der Waals surface area (Å²) in [5, 5.41) is 2.65. The van der Waals surface area contributed by atoms with Gasteiger partial charge in [-0.2, -0.15) is 0 Å². The number of anilines is 1. The molecule has 2 N–H and O–H groups in total. The van der Waals surface area contributed by atoms with Crippen LogP contribution in [0, 0.1) is 0 Å². The standard InChI is InChI=1S/C10H7Br2N3O/c11-6-1-2-8(12)7(5-6)9(16)15-10-13-3-4-14-10/h1-5H,(H2,13,14,15,16). The maximum atomic E-state index is 11.9. The summed E-state index contributed by atoms with van der Waals surface area (Å²) in [6, 6.07) is 5.40. The van der Waals surface area contributed by atoms with Crippen LogP contribution in [0.2, 0.25) is 0 Å². The Kier molecular flexibility index (Phi) is 3.40. The van der Waals surface area contributed by atoms with Crippen LogP contribution in [-0.4, -0.2) is 15.9 Å². The number of carbonyl (C=O) groups is 1. The van der Waals surface area contributed by atoms with Crippen LogP contribution in [0.4, 0.5) is 5.95 Å². The molecular formula is C10H7Br2N3O. The fraction of sp³-hybridized carbons (Fsp3) is 0. The lowest BCUT2D eigenvalue weighted by molar-refractivity contribution is 0.102. The van der Waals surface area contributed by atoms with Gasteiger partial charge in [0.15, 0.2) is 0 Å². The second kappa shape index (κ2) is 4.80. The van der Waals surface area contributed by atoms with Crippen LogP contribution in [0.25, 0.3) is 0 Å². The first-order chi connectivity index (χ1) is 7.66. The minimum absolute atomic E-state index is 0.219. The van der Waals surface area contributed by atoms with E-state index in [1.54, 1.807) is 24.5 Å². The number of aromatic amines is 1. The zero-order valence-corrected chi connectivity index (χ0v) is 11.2. The van der Waals surface area contributed by atoms with Gasteiger partial charge < -0.3 is 4.98 Å². The van der Waals surface area contributed by atoms with Crippen LogP contribution < -0.4 is 5.32 Å². The first-order valence-corrected chi connectivity index (χ1v) is 6.01. The van der Waals surface area contributed by atoms with Crippen molar-refractivity contribution < 1.29 is 4.79 Å². The number of rotatable bonds is 2. The quantitative estimate of drug-likeness (QED) is 0.879. The lowest BCUT2D eigenvalue weighted by atomic mass is 10.2. The highest BCUT2D eigenvalue weighted by Gasteiger charge is 2.11. The zero-order valence-electron chi connectivity index (χ0n) is 8.00. The molecular weight excluding hydrogens is 338 g/mol. The van der Waals surface area contributed by atoms with Gasteiger partial charge in [-0.05, 0) is 34.1 Å². The summed E-state index contributed by atoms with van der Waals surface area (Å²) in [6.07, 6.45) is 3.22. The summed E-state index contributed by atoms with van der Waals surface area (Å²) in [5.41, 5.74) is 0.547. The number of carbonyl (C=O) groups excluding carboxylic acids is 1. The third-order valence-electron chi connectivity index (χ3n) is 1.90. The number of hydrogen-bond donors (Lipinski definition) is 2. The minimum atomic E-state index is -0.219. The molecule has 6 heteroatoms. The van der Waals surface area contributed by atoms with Gasteiger partial charge in [0.2, 0.25) is 5.95 Å². The van der Waals surface area contributed by atoms with E-state index < -0.39 is 0 Å². The van der Waals surface area contributed by atoms with Crippen LogP contribution in [-0.2, 0) is 0 Å². The molecule has 1 amide bonds. The highest BCUT2D eigenvalue weighted by Crippen LogP contribution is 2.22. The molecule has 0 atom stereocenters. The third-order valence-corrected chi connectivity index (χ3v) is 3.09. The number of aromatic nitrogens is 2. The van der Waals surface area contributed by atoms with Gasteiger partial charge in [0.05, 0.1) is 5.56 Å². The van der Waals surface area contributed by atoms with E-state index in [4.69, 9.17) is 0 Å². The molecule has 0 aliphatic carbocycles. The summed E-state index contributed by atoms with van der Waals surface area (Å²) < 4.78 is 1.58. The van der Waals surface area contributed by atoms with E-state index in [-0.39, 0.29) is 5.91 Å². The summed E-state index contributed by atoms with van der Waals surface area (Å²) in [7, 11) is 0. The van der Waals surface area contributed by atoms with Crippen molar-refractivity contribution in [2.75, 3.05) is 5.32 Å². The summed E-state index contributed by atoms with van der Waals surface area (Å²) >= 11 is 6.64. The fourth-order valence-corrected chi connectivity index (χ4v) is 1.97. The molecule has 1 heterocycles. The number of nitrogens with one attached hydrogen (secondary N) is 2. The lowest BCUT2D eigenvalue weighted by Crippen LogP contribution is -2.13. The Morgan fingerprint density at radius 3 is 2.88 bits per heavy atom. The van der Waals surface area contributed by atoms with Gasteiger partial charge in [-0.25, -0.2) is 4.98 Å². The largest absolute Gasteiger partial charge is 0.331 e. The van der Waals surface area contributed by atoms with Crippen LogP contribution in [0.15, 0.2) is 39.5 Å². The molecule has 0 radical (unpaired) electrons.